The molecule has 1 saturated heterocycles. The molecule has 5 nitrogen and oxygen atoms in total. The van der Waals surface area contributed by atoms with Crippen LogP contribution in [0, 0.1) is 5.41 Å². The van der Waals surface area contributed by atoms with E-state index < -0.39 is 0 Å². The highest BCUT2D eigenvalue weighted by Crippen LogP contribution is 2.25. The van der Waals surface area contributed by atoms with Crippen LogP contribution in [-0.2, 0) is 9.63 Å². The second-order valence-electron chi connectivity index (χ2n) is 5.79. The van der Waals surface area contributed by atoms with E-state index in [1.165, 1.54) is 0 Å². The minimum Gasteiger partial charge on any atom is -0.340 e. The van der Waals surface area contributed by atoms with Gasteiger partial charge in [0.05, 0.1) is 6.61 Å². The first kappa shape index (κ1) is 15.4. The van der Waals surface area contributed by atoms with Crippen LogP contribution < -0.4 is 5.90 Å². The van der Waals surface area contributed by atoms with Gasteiger partial charge in [-0.2, -0.15) is 0 Å². The average Bonchev–Trinajstić information content (AvgIpc) is 2.36. The van der Waals surface area contributed by atoms with E-state index in [-0.39, 0.29) is 11.3 Å². The lowest BCUT2D eigenvalue weighted by Crippen LogP contribution is -2.50. The lowest BCUT2D eigenvalue weighted by Gasteiger charge is -2.36. The lowest BCUT2D eigenvalue weighted by atomic mass is 9.86. The maximum Gasteiger partial charge on any atom is 0.223 e. The van der Waals surface area contributed by atoms with Crippen LogP contribution in [0.3, 0.4) is 0 Å². The highest BCUT2D eigenvalue weighted by Gasteiger charge is 2.26. The number of carbonyl (C=O) groups is 1. The molecular formula is C13H27N3O2. The summed E-state index contributed by atoms with van der Waals surface area (Å²) >= 11 is 0. The monoisotopic (exact) mass is 257 g/mol. The molecule has 2 N–H and O–H groups in total. The molecule has 106 valence electrons. The van der Waals surface area contributed by atoms with Gasteiger partial charge in [-0.3, -0.25) is 9.69 Å². The second kappa shape index (κ2) is 7.07. The molecule has 0 saturated carbocycles. The largest absolute Gasteiger partial charge is 0.340 e. The van der Waals surface area contributed by atoms with Crippen molar-refractivity contribution >= 4 is 5.91 Å². The van der Waals surface area contributed by atoms with Gasteiger partial charge in [-0.1, -0.05) is 27.2 Å². The van der Waals surface area contributed by atoms with Crippen molar-refractivity contribution in [2.75, 3.05) is 39.3 Å². The Balaban J connectivity index is 2.32. The molecule has 1 fully saturated rings. The molecule has 0 aromatic heterocycles. The maximum atomic E-state index is 12.2. The SMILES string of the molecule is CCC(C)(C)CC(=O)N1CCN(CCON)CC1. The number of rotatable bonds is 6. The van der Waals surface area contributed by atoms with E-state index in [1.807, 2.05) is 4.90 Å². The fourth-order valence-electron chi connectivity index (χ4n) is 2.05. The number of amides is 1. The summed E-state index contributed by atoms with van der Waals surface area (Å²) in [5, 5.41) is 0. The fraction of sp³-hybridized carbons (Fsp3) is 0.923. The summed E-state index contributed by atoms with van der Waals surface area (Å²) < 4.78 is 0. The van der Waals surface area contributed by atoms with Crippen LogP contribution >= 0.6 is 0 Å². The number of carbonyl (C=O) groups excluding carboxylic acids is 1. The summed E-state index contributed by atoms with van der Waals surface area (Å²) in [6.07, 6.45) is 1.68. The van der Waals surface area contributed by atoms with Crippen LogP contribution in [0.1, 0.15) is 33.6 Å². The van der Waals surface area contributed by atoms with Crippen LogP contribution in [-0.4, -0.2) is 55.0 Å². The van der Waals surface area contributed by atoms with Gasteiger partial charge in [0.2, 0.25) is 5.91 Å². The number of nitrogens with two attached hydrogens (primary N) is 1. The van der Waals surface area contributed by atoms with Crippen LogP contribution in [0.15, 0.2) is 0 Å². The summed E-state index contributed by atoms with van der Waals surface area (Å²) in [5.41, 5.74) is 0.113. The molecule has 0 radical (unpaired) electrons. The second-order valence-corrected chi connectivity index (χ2v) is 5.79. The normalized spacial score (nSPS) is 18.1. The molecule has 1 aliphatic rings. The predicted molar refractivity (Wildman–Crippen MR) is 71.8 cm³/mol. The number of hydrogen-bond acceptors (Lipinski definition) is 4. The Morgan fingerprint density at radius 1 is 1.28 bits per heavy atom. The molecular weight excluding hydrogens is 230 g/mol. The summed E-state index contributed by atoms with van der Waals surface area (Å²) in [4.78, 5) is 21.0. The lowest BCUT2D eigenvalue weighted by molar-refractivity contribution is -0.135. The van der Waals surface area contributed by atoms with Gasteiger partial charge in [-0.25, -0.2) is 5.90 Å². The molecule has 1 amide bonds. The van der Waals surface area contributed by atoms with Gasteiger partial charge in [-0.15, -0.1) is 0 Å². The van der Waals surface area contributed by atoms with Gasteiger partial charge < -0.3 is 9.74 Å². The number of hydrogen-bond donors (Lipinski definition) is 1. The smallest absolute Gasteiger partial charge is 0.223 e. The van der Waals surface area contributed by atoms with Gasteiger partial charge >= 0.3 is 0 Å². The standard InChI is InChI=1S/C13H27N3O2/c1-4-13(2,3)11-12(17)16-7-5-15(6-8-16)9-10-18-14/h4-11,14H2,1-3H3. The highest BCUT2D eigenvalue weighted by molar-refractivity contribution is 5.77. The van der Waals surface area contributed by atoms with Gasteiger partial charge in [0.25, 0.3) is 0 Å². The molecule has 0 spiro atoms. The molecule has 18 heavy (non-hydrogen) atoms. The fourth-order valence-corrected chi connectivity index (χ4v) is 2.05. The zero-order chi connectivity index (χ0) is 13.6. The summed E-state index contributed by atoms with van der Waals surface area (Å²) in [6, 6.07) is 0. The Kier molecular flexibility index (Phi) is 6.05. The van der Waals surface area contributed by atoms with Crippen molar-refractivity contribution in [3.63, 3.8) is 0 Å². The maximum absolute atomic E-state index is 12.2. The Morgan fingerprint density at radius 2 is 1.89 bits per heavy atom. The van der Waals surface area contributed by atoms with Crippen LogP contribution in [0.5, 0.6) is 0 Å². The van der Waals surface area contributed by atoms with E-state index in [1.54, 1.807) is 0 Å². The quantitative estimate of drug-likeness (QED) is 0.717. The minimum absolute atomic E-state index is 0.113. The number of nitrogens with zero attached hydrogens (tertiary/aromatic N) is 2. The third kappa shape index (κ3) is 4.92. The van der Waals surface area contributed by atoms with Crippen molar-refractivity contribution in [3.05, 3.63) is 0 Å². The summed E-state index contributed by atoms with van der Waals surface area (Å²) in [6.45, 7) is 11.3. The molecule has 1 heterocycles. The van der Waals surface area contributed by atoms with Crippen molar-refractivity contribution in [2.45, 2.75) is 33.6 Å². The molecule has 5 heteroatoms. The Hall–Kier alpha value is -0.650. The molecule has 1 rings (SSSR count). The first-order valence-corrected chi connectivity index (χ1v) is 6.80. The van der Waals surface area contributed by atoms with Crippen molar-refractivity contribution in [2.24, 2.45) is 11.3 Å². The van der Waals surface area contributed by atoms with Crippen LogP contribution in [0.4, 0.5) is 0 Å². The third-order valence-corrected chi connectivity index (χ3v) is 3.84. The third-order valence-electron chi connectivity index (χ3n) is 3.84. The Bertz CT molecular complexity index is 261. The van der Waals surface area contributed by atoms with Gasteiger partial charge in [-0.05, 0) is 5.41 Å². The predicted octanol–water partition coefficient (Wildman–Crippen LogP) is 0.847. The van der Waals surface area contributed by atoms with Crippen molar-refractivity contribution in [1.82, 2.24) is 9.80 Å². The molecule has 0 atom stereocenters. The zero-order valence-corrected chi connectivity index (χ0v) is 11.9. The van der Waals surface area contributed by atoms with Gasteiger partial charge in [0.15, 0.2) is 0 Å². The molecule has 0 bridgehead atoms. The summed E-state index contributed by atoms with van der Waals surface area (Å²) in [7, 11) is 0. The highest BCUT2D eigenvalue weighted by atomic mass is 16.6. The first-order valence-electron chi connectivity index (χ1n) is 6.80. The van der Waals surface area contributed by atoms with Gasteiger partial charge in [0.1, 0.15) is 0 Å². The molecule has 0 aromatic rings. The Morgan fingerprint density at radius 3 is 2.39 bits per heavy atom. The van der Waals surface area contributed by atoms with Crippen LogP contribution in [0.2, 0.25) is 0 Å². The van der Waals surface area contributed by atoms with Crippen molar-refractivity contribution in [3.8, 4) is 0 Å². The molecule has 0 aromatic carbocycles. The zero-order valence-electron chi connectivity index (χ0n) is 11.9. The molecule has 0 aliphatic carbocycles. The van der Waals surface area contributed by atoms with Gasteiger partial charge in [0, 0.05) is 39.1 Å². The minimum atomic E-state index is 0.113. The first-order chi connectivity index (χ1) is 8.48. The Labute approximate surface area is 110 Å². The topological polar surface area (TPSA) is 58.8 Å². The average molecular weight is 257 g/mol. The number of piperazine rings is 1. The molecule has 0 unspecified atom stereocenters. The van der Waals surface area contributed by atoms with Crippen LogP contribution in [0.25, 0.3) is 0 Å². The van der Waals surface area contributed by atoms with E-state index in [0.29, 0.717) is 13.0 Å². The van der Waals surface area contributed by atoms with Crippen molar-refractivity contribution in [1.29, 1.82) is 0 Å². The van der Waals surface area contributed by atoms with E-state index in [4.69, 9.17) is 5.90 Å². The van der Waals surface area contributed by atoms with E-state index >= 15 is 0 Å². The molecule has 1 aliphatic heterocycles. The van der Waals surface area contributed by atoms with E-state index in [9.17, 15) is 4.79 Å². The summed E-state index contributed by atoms with van der Waals surface area (Å²) in [5.74, 6) is 5.30. The van der Waals surface area contributed by atoms with E-state index in [2.05, 4.69) is 30.5 Å². The van der Waals surface area contributed by atoms with Crippen molar-refractivity contribution < 1.29 is 9.63 Å². The van der Waals surface area contributed by atoms with E-state index in [0.717, 1.165) is 39.1 Å².